The summed E-state index contributed by atoms with van der Waals surface area (Å²) in [5, 5.41) is 33.3. The van der Waals surface area contributed by atoms with Crippen molar-refractivity contribution in [3.8, 4) is 22.5 Å². The third kappa shape index (κ3) is 14.9. The normalized spacial score (nSPS) is 18.3. The molecule has 2 heterocycles. The zero-order chi connectivity index (χ0) is 46.6. The van der Waals surface area contributed by atoms with Crippen molar-refractivity contribution >= 4 is 35.5 Å². The number of anilines is 1. The van der Waals surface area contributed by atoms with Gasteiger partial charge in [-0.25, -0.2) is 9.59 Å². The Bertz CT molecular complexity index is 2210. The Balaban J connectivity index is 0.00000102. The molecule has 1 saturated carbocycles. The lowest BCUT2D eigenvalue weighted by Crippen LogP contribution is -2.48. The molecule has 16 nitrogen and oxygen atoms in total. The van der Waals surface area contributed by atoms with Gasteiger partial charge in [0.2, 0.25) is 17.6 Å². The fourth-order valence-corrected chi connectivity index (χ4v) is 7.62. The molecule has 2 fully saturated rings. The molecule has 6 rings (SSSR count). The van der Waals surface area contributed by atoms with Crippen molar-refractivity contribution in [3.63, 3.8) is 0 Å². The topological polar surface area (TPSA) is 221 Å². The number of ether oxygens (including phenoxy) is 1. The predicted molar refractivity (Wildman–Crippen MR) is 232 cm³/mol. The number of nitrogens with zero attached hydrogens (tertiary/aromatic N) is 4. The smallest absolute Gasteiger partial charge is 0.475 e. The summed E-state index contributed by atoms with van der Waals surface area (Å²) in [6, 6.07) is 20.2. The highest BCUT2D eigenvalue weighted by molar-refractivity contribution is 5.98. The lowest BCUT2D eigenvalue weighted by atomic mass is 9.81. The number of H-pyrrole nitrogens is 1. The summed E-state index contributed by atoms with van der Waals surface area (Å²) < 4.78 is 37.1. The lowest BCUT2D eigenvalue weighted by Gasteiger charge is -2.30. The average molecular weight is 892 g/mol. The number of rotatable bonds is 12. The molecule has 0 unspecified atom stereocenters. The molecule has 0 radical (unpaired) electrons. The highest BCUT2D eigenvalue weighted by atomic mass is 19.4. The third-order valence-electron chi connectivity index (χ3n) is 10.9. The van der Waals surface area contributed by atoms with E-state index in [0.717, 1.165) is 66.6 Å². The van der Waals surface area contributed by atoms with Gasteiger partial charge in [0.05, 0.1) is 0 Å². The van der Waals surface area contributed by atoms with E-state index in [9.17, 15) is 32.3 Å². The van der Waals surface area contributed by atoms with E-state index in [1.54, 1.807) is 24.3 Å². The number of hydrogen-bond donors (Lipinski definition) is 6. The standard InChI is InChI=1S/C43H55N9O5.C2HF3O2/c1-27-23-33(40(54)46-35-7-6-22-52(5)26-35)18-21-36(27)30-12-8-28(9-13-30)24-37(41(55)45-34-19-16-31(17-20-34)38-48-50-51-49-38)47-39(53)32-14-10-29(11-15-32)25-44-42(56)57-43(2,3)4;3-2(4,5)1(6)7/h8-9,12-13,16-21,23,29,32,35,37H,6-7,10-11,14-15,22,24-26H2,1-5H3,(H,44,56)(H,45,55)(H,46,54)(H,47,53)(H,48,49,50,51);(H,6,7)/t29?,32?,35-,37-;/m0./s1. The number of aryl methyl sites for hydroxylation is 1. The van der Waals surface area contributed by atoms with Crippen LogP contribution in [0.25, 0.3) is 22.5 Å². The highest BCUT2D eigenvalue weighted by Crippen LogP contribution is 2.30. The van der Waals surface area contributed by atoms with Crippen LogP contribution in [0.1, 0.15) is 80.8 Å². The second-order valence-corrected chi connectivity index (χ2v) is 17.3. The van der Waals surface area contributed by atoms with E-state index >= 15 is 0 Å². The van der Waals surface area contributed by atoms with Crippen LogP contribution in [0.2, 0.25) is 0 Å². The molecule has 6 N–H and O–H groups in total. The van der Waals surface area contributed by atoms with Gasteiger partial charge in [0.1, 0.15) is 11.6 Å². The first-order chi connectivity index (χ1) is 30.2. The van der Waals surface area contributed by atoms with Crippen LogP contribution in [0.4, 0.5) is 23.7 Å². The minimum atomic E-state index is -5.08. The van der Waals surface area contributed by atoms with Gasteiger partial charge in [-0.15, -0.1) is 10.2 Å². The highest BCUT2D eigenvalue weighted by Gasteiger charge is 2.38. The molecule has 1 aliphatic carbocycles. The van der Waals surface area contributed by atoms with Crippen LogP contribution in [0.15, 0.2) is 66.7 Å². The molecule has 0 spiro atoms. The average Bonchev–Trinajstić information content (AvgIpc) is 3.78. The second-order valence-electron chi connectivity index (χ2n) is 17.3. The number of aromatic amines is 1. The number of amides is 4. The van der Waals surface area contributed by atoms with Crippen molar-refractivity contribution in [1.29, 1.82) is 0 Å². The fourth-order valence-electron chi connectivity index (χ4n) is 7.62. The number of piperidine rings is 1. The summed E-state index contributed by atoms with van der Waals surface area (Å²) in [7, 11) is 2.08. The Kier molecular flexibility index (Phi) is 16.6. The summed E-state index contributed by atoms with van der Waals surface area (Å²) >= 11 is 0. The van der Waals surface area contributed by atoms with Gasteiger partial charge in [0.25, 0.3) is 5.91 Å². The maximum Gasteiger partial charge on any atom is 0.490 e. The Labute approximate surface area is 369 Å². The van der Waals surface area contributed by atoms with E-state index in [4.69, 9.17) is 14.6 Å². The van der Waals surface area contributed by atoms with Crippen LogP contribution in [-0.2, 0) is 25.5 Å². The Morgan fingerprint density at radius 3 is 2.16 bits per heavy atom. The van der Waals surface area contributed by atoms with Gasteiger partial charge < -0.3 is 36.0 Å². The van der Waals surface area contributed by atoms with Crippen molar-refractivity contribution < 1.29 is 47.0 Å². The predicted octanol–water partition coefficient (Wildman–Crippen LogP) is 6.30. The summed E-state index contributed by atoms with van der Waals surface area (Å²) in [4.78, 5) is 63.9. The van der Waals surface area contributed by atoms with Gasteiger partial charge >= 0.3 is 18.2 Å². The molecule has 0 bridgehead atoms. The second kappa shape index (κ2) is 21.8. The molecule has 2 atom stereocenters. The first-order valence-corrected chi connectivity index (χ1v) is 21.2. The molecule has 1 aliphatic heterocycles. The number of benzene rings is 3. The summed E-state index contributed by atoms with van der Waals surface area (Å²) in [5.41, 5.74) is 5.25. The molecular weight excluding hydrogens is 836 g/mol. The Morgan fingerprint density at radius 1 is 0.922 bits per heavy atom. The quantitative estimate of drug-likeness (QED) is 0.0927. The van der Waals surface area contributed by atoms with Crippen molar-refractivity contribution in [2.75, 3.05) is 32.0 Å². The van der Waals surface area contributed by atoms with Crippen LogP contribution >= 0.6 is 0 Å². The van der Waals surface area contributed by atoms with E-state index in [1.165, 1.54) is 0 Å². The summed E-state index contributed by atoms with van der Waals surface area (Å²) in [6.45, 7) is 9.89. The molecular formula is C45H56F3N9O7. The SMILES string of the molecule is Cc1cc(C(=O)N[C@H]2CCCN(C)C2)ccc1-c1ccc(C[C@H](NC(=O)C2CCC(CNC(=O)OC(C)(C)C)CC2)C(=O)Nc2ccc(-c3nn[nH]n3)cc2)cc1.O=C(O)C(F)(F)F. The van der Waals surface area contributed by atoms with Crippen LogP contribution in [-0.4, -0.2) is 111 Å². The fraction of sp³-hybridized carbons (Fsp3) is 0.467. The number of tetrazole rings is 1. The number of aliphatic carboxylic acids is 1. The van der Waals surface area contributed by atoms with Crippen molar-refractivity contribution in [1.82, 2.24) is 41.5 Å². The number of hydrogen-bond acceptors (Lipinski definition) is 10. The van der Waals surface area contributed by atoms with E-state index in [1.807, 2.05) is 70.2 Å². The zero-order valence-corrected chi connectivity index (χ0v) is 36.6. The molecule has 19 heteroatoms. The molecule has 1 aromatic heterocycles. The van der Waals surface area contributed by atoms with Gasteiger partial charge in [-0.3, -0.25) is 14.4 Å². The number of carbonyl (C=O) groups excluding carboxylic acids is 4. The number of nitrogens with one attached hydrogen (secondary N) is 5. The molecule has 1 saturated heterocycles. The summed E-state index contributed by atoms with van der Waals surface area (Å²) in [6.07, 6.45) is -0.311. The Morgan fingerprint density at radius 2 is 1.58 bits per heavy atom. The van der Waals surface area contributed by atoms with Crippen LogP contribution in [0.3, 0.4) is 0 Å². The zero-order valence-electron chi connectivity index (χ0n) is 36.6. The van der Waals surface area contributed by atoms with Crippen LogP contribution in [0.5, 0.6) is 0 Å². The van der Waals surface area contributed by atoms with E-state index in [0.29, 0.717) is 36.5 Å². The first kappa shape index (κ1) is 48.7. The van der Waals surface area contributed by atoms with Gasteiger partial charge in [-0.05, 0) is 150 Å². The largest absolute Gasteiger partial charge is 0.490 e. The minimum absolute atomic E-state index is 0.0576. The number of halogens is 3. The molecule has 3 aromatic carbocycles. The van der Waals surface area contributed by atoms with Crippen LogP contribution in [0, 0.1) is 18.8 Å². The minimum Gasteiger partial charge on any atom is -0.475 e. The number of likely N-dealkylation sites (tertiary alicyclic amines) is 1. The number of alkyl carbamates (subject to hydrolysis) is 1. The first-order valence-electron chi connectivity index (χ1n) is 21.2. The summed E-state index contributed by atoms with van der Waals surface area (Å²) in [5.74, 6) is -2.86. The van der Waals surface area contributed by atoms with Gasteiger partial charge in [-0.2, -0.15) is 18.4 Å². The molecule has 64 heavy (non-hydrogen) atoms. The van der Waals surface area contributed by atoms with E-state index < -0.39 is 29.9 Å². The molecule has 344 valence electrons. The maximum atomic E-state index is 13.9. The van der Waals surface area contributed by atoms with Crippen molar-refractivity contribution in [2.45, 2.75) is 96.5 Å². The van der Waals surface area contributed by atoms with Gasteiger partial charge in [0.15, 0.2) is 0 Å². The molecule has 4 amide bonds. The molecule has 2 aliphatic rings. The number of aromatic nitrogens is 4. The van der Waals surface area contributed by atoms with Gasteiger partial charge in [0, 0.05) is 48.3 Å². The van der Waals surface area contributed by atoms with Gasteiger partial charge in [-0.1, -0.05) is 30.3 Å². The van der Waals surface area contributed by atoms with Crippen molar-refractivity contribution in [2.24, 2.45) is 11.8 Å². The number of likely N-dealkylation sites (N-methyl/N-ethyl adjacent to an activating group) is 1. The van der Waals surface area contributed by atoms with E-state index in [2.05, 4.69) is 53.8 Å². The maximum absolute atomic E-state index is 13.9. The third-order valence-corrected chi connectivity index (χ3v) is 10.9. The number of carbonyl (C=O) groups is 5. The lowest BCUT2D eigenvalue weighted by molar-refractivity contribution is -0.192. The van der Waals surface area contributed by atoms with Crippen molar-refractivity contribution in [3.05, 3.63) is 83.4 Å². The molecule has 4 aromatic rings. The number of carboxylic acids is 1. The number of carboxylic acid groups (broad SMARTS) is 1. The monoisotopic (exact) mass is 891 g/mol. The number of alkyl halides is 3. The van der Waals surface area contributed by atoms with E-state index in [-0.39, 0.29) is 42.0 Å². The Hall–Kier alpha value is -6.37. The van der Waals surface area contributed by atoms with Crippen LogP contribution < -0.4 is 21.3 Å².